The summed E-state index contributed by atoms with van der Waals surface area (Å²) in [4.78, 5) is 5.49. The van der Waals surface area contributed by atoms with E-state index in [0.717, 1.165) is 23.6 Å². The Morgan fingerprint density at radius 2 is 2.10 bits per heavy atom. The maximum absolute atomic E-state index is 5.90. The number of fused-ring (bicyclic) bond motifs is 1. The second-order valence-corrected chi connectivity index (χ2v) is 5.65. The lowest BCUT2D eigenvalue weighted by atomic mass is 10.3. The molecule has 1 aliphatic rings. The summed E-state index contributed by atoms with van der Waals surface area (Å²) in [6.45, 7) is 1.93. The zero-order valence-corrected chi connectivity index (χ0v) is 12.4. The van der Waals surface area contributed by atoms with E-state index in [9.17, 15) is 0 Å². The highest BCUT2D eigenvalue weighted by Gasteiger charge is 2.10. The van der Waals surface area contributed by atoms with E-state index >= 15 is 0 Å². The second kappa shape index (κ2) is 6.49. The Labute approximate surface area is 127 Å². The Morgan fingerprint density at radius 1 is 1.24 bits per heavy atom. The summed E-state index contributed by atoms with van der Waals surface area (Å²) in [6, 6.07) is 9.71. The number of nitrogens with one attached hydrogen (secondary N) is 1. The summed E-state index contributed by atoms with van der Waals surface area (Å²) in [6.07, 6.45) is 0.891. The van der Waals surface area contributed by atoms with E-state index in [-0.39, 0.29) is 0 Å². The van der Waals surface area contributed by atoms with Crippen molar-refractivity contribution in [3.05, 3.63) is 40.6 Å². The van der Waals surface area contributed by atoms with Crippen molar-refractivity contribution in [3.8, 4) is 11.5 Å². The summed E-state index contributed by atoms with van der Waals surface area (Å²) in [5, 5.41) is 5.10. The van der Waals surface area contributed by atoms with Crippen LogP contribution in [0.4, 0.5) is 5.69 Å². The number of aliphatic imine (C=N–C) groups is 1. The maximum Gasteiger partial charge on any atom is 0.193 e. The molecule has 0 saturated heterocycles. The summed E-state index contributed by atoms with van der Waals surface area (Å²) in [7, 11) is 0. The molecular formula is C15H17N3O2S. The molecule has 0 amide bonds. The Kier molecular flexibility index (Phi) is 4.25. The molecule has 6 heteroatoms. The van der Waals surface area contributed by atoms with Gasteiger partial charge in [-0.05, 0) is 23.6 Å². The van der Waals surface area contributed by atoms with Crippen molar-refractivity contribution < 1.29 is 9.47 Å². The van der Waals surface area contributed by atoms with Gasteiger partial charge in [0.15, 0.2) is 17.5 Å². The minimum absolute atomic E-state index is 0.387. The van der Waals surface area contributed by atoms with Crippen LogP contribution in [0, 0.1) is 0 Å². The normalized spacial score (nSPS) is 14.6. The average molecular weight is 303 g/mol. The summed E-state index contributed by atoms with van der Waals surface area (Å²) >= 11 is 1.67. The van der Waals surface area contributed by atoms with Crippen molar-refractivity contribution in [2.75, 3.05) is 18.5 Å². The van der Waals surface area contributed by atoms with Crippen LogP contribution >= 0.6 is 11.3 Å². The van der Waals surface area contributed by atoms with Crippen molar-refractivity contribution >= 4 is 23.0 Å². The molecule has 2 heterocycles. The summed E-state index contributed by atoms with van der Waals surface area (Å²) in [5.41, 5.74) is 6.74. The van der Waals surface area contributed by atoms with Gasteiger partial charge in [0.05, 0.1) is 19.8 Å². The monoisotopic (exact) mass is 303 g/mol. The third kappa shape index (κ3) is 3.66. The lowest BCUT2D eigenvalue weighted by Crippen LogP contribution is -2.22. The molecule has 0 fully saturated rings. The quantitative estimate of drug-likeness (QED) is 0.676. The predicted octanol–water partition coefficient (Wildman–Crippen LogP) is 2.84. The zero-order chi connectivity index (χ0) is 14.5. The van der Waals surface area contributed by atoms with E-state index in [1.54, 1.807) is 11.3 Å². The molecule has 3 N–H and O–H groups in total. The number of hydrogen-bond donors (Lipinski definition) is 2. The van der Waals surface area contributed by atoms with Crippen molar-refractivity contribution in [1.29, 1.82) is 0 Å². The number of nitrogens with zero attached hydrogens (tertiary/aromatic N) is 1. The van der Waals surface area contributed by atoms with Gasteiger partial charge in [-0.2, -0.15) is 0 Å². The smallest absolute Gasteiger partial charge is 0.193 e. The summed E-state index contributed by atoms with van der Waals surface area (Å²) in [5.74, 6) is 1.90. The van der Waals surface area contributed by atoms with Crippen molar-refractivity contribution in [3.63, 3.8) is 0 Å². The fourth-order valence-corrected chi connectivity index (χ4v) is 2.62. The zero-order valence-electron chi connectivity index (χ0n) is 11.5. The van der Waals surface area contributed by atoms with Crippen molar-refractivity contribution in [1.82, 2.24) is 0 Å². The molecule has 0 spiro atoms. The SMILES string of the molecule is NC(=NCc1cccs1)Nc1ccc2c(c1)OCCCO2. The molecule has 0 radical (unpaired) electrons. The first-order valence-electron chi connectivity index (χ1n) is 6.80. The van der Waals surface area contributed by atoms with E-state index in [1.807, 2.05) is 35.7 Å². The maximum atomic E-state index is 5.90. The molecule has 5 nitrogen and oxygen atoms in total. The van der Waals surface area contributed by atoms with E-state index < -0.39 is 0 Å². The molecule has 0 atom stereocenters. The fourth-order valence-electron chi connectivity index (χ4n) is 1.99. The van der Waals surface area contributed by atoms with Crippen molar-refractivity contribution in [2.24, 2.45) is 10.7 Å². The third-order valence-electron chi connectivity index (χ3n) is 3.01. The number of nitrogens with two attached hydrogens (primary N) is 1. The van der Waals surface area contributed by atoms with Gasteiger partial charge in [0.1, 0.15) is 0 Å². The number of benzene rings is 1. The van der Waals surface area contributed by atoms with E-state index in [2.05, 4.69) is 10.3 Å². The van der Waals surface area contributed by atoms with Gasteiger partial charge in [-0.25, -0.2) is 4.99 Å². The minimum Gasteiger partial charge on any atom is -0.490 e. The van der Waals surface area contributed by atoms with Gasteiger partial charge in [-0.1, -0.05) is 6.07 Å². The number of rotatable bonds is 3. The number of guanidine groups is 1. The Balaban J connectivity index is 1.67. The van der Waals surface area contributed by atoms with Gasteiger partial charge in [-0.3, -0.25) is 0 Å². The van der Waals surface area contributed by atoms with E-state index in [4.69, 9.17) is 15.2 Å². The number of anilines is 1. The standard InChI is InChI=1S/C15H17N3O2S/c16-15(17-10-12-3-1-8-21-12)18-11-4-5-13-14(9-11)20-7-2-6-19-13/h1,3-5,8-9H,2,6-7,10H2,(H3,16,17,18). The first-order chi connectivity index (χ1) is 10.3. The average Bonchev–Trinajstić information content (AvgIpc) is 2.90. The lowest BCUT2D eigenvalue weighted by Gasteiger charge is -2.10. The highest BCUT2D eigenvalue weighted by Crippen LogP contribution is 2.32. The van der Waals surface area contributed by atoms with Crippen LogP contribution in [-0.2, 0) is 6.54 Å². The Hall–Kier alpha value is -2.21. The van der Waals surface area contributed by atoms with Crippen LogP contribution in [0.15, 0.2) is 40.7 Å². The molecule has 1 aromatic heterocycles. The molecule has 21 heavy (non-hydrogen) atoms. The third-order valence-corrected chi connectivity index (χ3v) is 3.87. The fraction of sp³-hybridized carbons (Fsp3) is 0.267. The molecule has 3 rings (SSSR count). The Bertz CT molecular complexity index is 626. The van der Waals surface area contributed by atoms with Gasteiger partial charge in [0.2, 0.25) is 0 Å². The van der Waals surface area contributed by atoms with Crippen LogP contribution in [0.2, 0.25) is 0 Å². The number of hydrogen-bond acceptors (Lipinski definition) is 4. The topological polar surface area (TPSA) is 68.9 Å². The van der Waals surface area contributed by atoms with Gasteiger partial charge < -0.3 is 20.5 Å². The van der Waals surface area contributed by atoms with E-state index in [1.165, 1.54) is 4.88 Å². The number of ether oxygens (including phenoxy) is 2. The van der Waals surface area contributed by atoms with Crippen molar-refractivity contribution in [2.45, 2.75) is 13.0 Å². The van der Waals surface area contributed by atoms with Crippen LogP contribution in [0.5, 0.6) is 11.5 Å². The van der Waals surface area contributed by atoms with Gasteiger partial charge in [0, 0.05) is 23.1 Å². The highest BCUT2D eigenvalue weighted by atomic mass is 32.1. The molecular weight excluding hydrogens is 286 g/mol. The molecule has 0 aliphatic carbocycles. The molecule has 1 aromatic carbocycles. The lowest BCUT2D eigenvalue weighted by molar-refractivity contribution is 0.297. The first-order valence-corrected chi connectivity index (χ1v) is 7.68. The molecule has 2 aromatic rings. The van der Waals surface area contributed by atoms with Crippen LogP contribution in [0.1, 0.15) is 11.3 Å². The van der Waals surface area contributed by atoms with E-state index in [0.29, 0.717) is 25.7 Å². The molecule has 0 saturated carbocycles. The second-order valence-electron chi connectivity index (χ2n) is 4.62. The largest absolute Gasteiger partial charge is 0.490 e. The number of thiophene rings is 1. The predicted molar refractivity (Wildman–Crippen MR) is 85.3 cm³/mol. The molecule has 0 bridgehead atoms. The van der Waals surface area contributed by atoms with Gasteiger partial charge >= 0.3 is 0 Å². The van der Waals surface area contributed by atoms with Crippen LogP contribution in [-0.4, -0.2) is 19.2 Å². The summed E-state index contributed by atoms with van der Waals surface area (Å²) < 4.78 is 11.2. The highest BCUT2D eigenvalue weighted by molar-refractivity contribution is 7.09. The molecule has 1 aliphatic heterocycles. The Morgan fingerprint density at radius 3 is 2.90 bits per heavy atom. The molecule has 0 unspecified atom stereocenters. The molecule has 110 valence electrons. The van der Waals surface area contributed by atoms with Crippen LogP contribution in [0.25, 0.3) is 0 Å². The minimum atomic E-state index is 0.387. The van der Waals surface area contributed by atoms with Crippen LogP contribution < -0.4 is 20.5 Å². The van der Waals surface area contributed by atoms with Crippen LogP contribution in [0.3, 0.4) is 0 Å². The first kappa shape index (κ1) is 13.8. The van der Waals surface area contributed by atoms with Gasteiger partial charge in [0.25, 0.3) is 0 Å². The van der Waals surface area contributed by atoms with Gasteiger partial charge in [-0.15, -0.1) is 11.3 Å².